The molecule has 1 N–H and O–H groups in total. The number of nitrogens with one attached hydrogen (secondary N) is 1. The lowest BCUT2D eigenvalue weighted by Crippen LogP contribution is -2.50. The molecule has 1 aromatic heterocycles. The summed E-state index contributed by atoms with van der Waals surface area (Å²) in [6, 6.07) is 6.56. The minimum atomic E-state index is -0.494. The molecule has 0 aliphatic carbocycles. The molecule has 8 nitrogen and oxygen atoms in total. The van der Waals surface area contributed by atoms with E-state index in [-0.39, 0.29) is 18.7 Å². The molecule has 2 aromatic rings. The van der Waals surface area contributed by atoms with Crippen molar-refractivity contribution >= 4 is 35.2 Å². The summed E-state index contributed by atoms with van der Waals surface area (Å²) in [5.41, 5.74) is 1.15. The Morgan fingerprint density at radius 2 is 2.10 bits per heavy atom. The number of urea groups is 1. The second-order valence-corrected chi connectivity index (χ2v) is 7.37. The molecule has 0 bridgehead atoms. The van der Waals surface area contributed by atoms with Gasteiger partial charge in [-0.05, 0) is 23.8 Å². The van der Waals surface area contributed by atoms with Gasteiger partial charge in [0, 0.05) is 19.3 Å². The highest BCUT2D eigenvalue weighted by molar-refractivity contribution is 6.42. The molecule has 0 saturated carbocycles. The van der Waals surface area contributed by atoms with E-state index in [0.29, 0.717) is 47.6 Å². The Morgan fingerprint density at radius 1 is 1.27 bits per heavy atom. The summed E-state index contributed by atoms with van der Waals surface area (Å²) >= 11 is 11.9. The third-order valence-electron chi connectivity index (χ3n) is 4.42. The van der Waals surface area contributed by atoms with Crippen LogP contribution in [0.4, 0.5) is 4.79 Å². The minimum absolute atomic E-state index is 0.205. The van der Waals surface area contributed by atoms with E-state index in [1.54, 1.807) is 29.2 Å². The van der Waals surface area contributed by atoms with Gasteiger partial charge in [0.1, 0.15) is 18.5 Å². The fraction of sp³-hybridized carbons (Fsp3) is 0.350. The fourth-order valence-corrected chi connectivity index (χ4v) is 3.18. The average Bonchev–Trinajstić information content (AvgIpc) is 2.78. The van der Waals surface area contributed by atoms with Crippen molar-refractivity contribution in [2.45, 2.75) is 12.6 Å². The van der Waals surface area contributed by atoms with Crippen molar-refractivity contribution in [2.75, 3.05) is 33.4 Å². The van der Waals surface area contributed by atoms with Gasteiger partial charge in [-0.1, -0.05) is 29.3 Å². The van der Waals surface area contributed by atoms with Gasteiger partial charge in [0.2, 0.25) is 0 Å². The van der Waals surface area contributed by atoms with Crippen molar-refractivity contribution in [3.63, 3.8) is 0 Å². The van der Waals surface area contributed by atoms with Gasteiger partial charge in [-0.2, -0.15) is 0 Å². The molecule has 3 rings (SSSR count). The van der Waals surface area contributed by atoms with Gasteiger partial charge in [-0.15, -0.1) is 0 Å². The van der Waals surface area contributed by atoms with Gasteiger partial charge in [0.25, 0.3) is 0 Å². The molecular formula is C20H21Cl2N3O5. The summed E-state index contributed by atoms with van der Waals surface area (Å²) < 4.78 is 16.0. The normalized spacial score (nSPS) is 16.1. The number of methoxy groups -OCH3 is 1. The lowest BCUT2D eigenvalue weighted by molar-refractivity contribution is -0.0353. The zero-order chi connectivity index (χ0) is 21.5. The number of amides is 2. The van der Waals surface area contributed by atoms with Crippen LogP contribution in [-0.2, 0) is 16.0 Å². The topological polar surface area (TPSA) is 90.0 Å². The monoisotopic (exact) mass is 453 g/mol. The third kappa shape index (κ3) is 5.98. The van der Waals surface area contributed by atoms with Crippen LogP contribution in [0.3, 0.4) is 0 Å². The maximum Gasteiger partial charge on any atom is 0.339 e. The van der Waals surface area contributed by atoms with Crippen molar-refractivity contribution in [1.29, 1.82) is 0 Å². The van der Waals surface area contributed by atoms with E-state index in [1.165, 1.54) is 19.5 Å². The lowest BCUT2D eigenvalue weighted by atomic mass is 10.2. The predicted molar refractivity (Wildman–Crippen MR) is 111 cm³/mol. The number of ether oxygens (including phenoxy) is 3. The Morgan fingerprint density at radius 3 is 2.87 bits per heavy atom. The number of aromatic nitrogens is 1. The molecule has 0 spiro atoms. The van der Waals surface area contributed by atoms with Crippen LogP contribution in [0.5, 0.6) is 5.75 Å². The Kier molecular flexibility index (Phi) is 7.73. The number of halogens is 2. The maximum atomic E-state index is 12.5. The zero-order valence-corrected chi connectivity index (χ0v) is 17.8. The van der Waals surface area contributed by atoms with Crippen LogP contribution in [0.1, 0.15) is 15.9 Å². The zero-order valence-electron chi connectivity index (χ0n) is 16.3. The molecule has 10 heteroatoms. The van der Waals surface area contributed by atoms with Gasteiger partial charge in [-0.3, -0.25) is 4.98 Å². The van der Waals surface area contributed by atoms with Crippen LogP contribution in [0, 0.1) is 0 Å². The summed E-state index contributed by atoms with van der Waals surface area (Å²) in [5.74, 6) is -0.0746. The van der Waals surface area contributed by atoms with Crippen LogP contribution in [-0.4, -0.2) is 61.4 Å². The first-order chi connectivity index (χ1) is 14.5. The number of rotatable bonds is 6. The molecule has 2 heterocycles. The van der Waals surface area contributed by atoms with Crippen LogP contribution in [0.2, 0.25) is 10.0 Å². The summed E-state index contributed by atoms with van der Waals surface area (Å²) in [4.78, 5) is 29.7. The predicted octanol–water partition coefficient (Wildman–Crippen LogP) is 3.16. The average molecular weight is 454 g/mol. The molecule has 1 fully saturated rings. The molecule has 1 aliphatic rings. The first kappa shape index (κ1) is 22.1. The number of pyridine rings is 1. The van der Waals surface area contributed by atoms with Crippen molar-refractivity contribution in [3.05, 3.63) is 57.8 Å². The van der Waals surface area contributed by atoms with E-state index in [2.05, 4.69) is 15.0 Å². The molecule has 1 unspecified atom stereocenters. The number of carbonyl (C=O) groups is 2. The van der Waals surface area contributed by atoms with Crippen molar-refractivity contribution in [3.8, 4) is 5.75 Å². The lowest BCUT2D eigenvalue weighted by Gasteiger charge is -2.32. The van der Waals surface area contributed by atoms with Crippen molar-refractivity contribution in [2.24, 2.45) is 0 Å². The summed E-state index contributed by atoms with van der Waals surface area (Å²) in [6.07, 6.45) is 2.59. The van der Waals surface area contributed by atoms with E-state index >= 15 is 0 Å². The molecular weight excluding hydrogens is 433 g/mol. The van der Waals surface area contributed by atoms with Gasteiger partial charge >= 0.3 is 12.0 Å². The highest BCUT2D eigenvalue weighted by atomic mass is 35.5. The summed E-state index contributed by atoms with van der Waals surface area (Å²) in [5, 5.41) is 3.77. The number of carbonyl (C=O) groups excluding carboxylic acids is 2. The van der Waals surface area contributed by atoms with E-state index in [1.807, 2.05) is 0 Å². The van der Waals surface area contributed by atoms with Gasteiger partial charge < -0.3 is 24.4 Å². The van der Waals surface area contributed by atoms with E-state index in [9.17, 15) is 9.59 Å². The molecule has 1 aliphatic heterocycles. The second-order valence-electron chi connectivity index (χ2n) is 6.56. The Labute approximate surface area is 184 Å². The number of hydrogen-bond donors (Lipinski definition) is 1. The quantitative estimate of drug-likeness (QED) is 0.675. The van der Waals surface area contributed by atoms with Crippen LogP contribution < -0.4 is 10.1 Å². The molecule has 2 amide bonds. The number of esters is 1. The second kappa shape index (κ2) is 10.5. The third-order valence-corrected chi connectivity index (χ3v) is 5.16. The number of morpholine rings is 1. The van der Waals surface area contributed by atoms with Crippen molar-refractivity contribution < 1.29 is 23.8 Å². The number of benzene rings is 1. The van der Waals surface area contributed by atoms with Crippen molar-refractivity contribution in [1.82, 2.24) is 15.2 Å². The van der Waals surface area contributed by atoms with E-state index in [0.717, 1.165) is 5.56 Å². The highest BCUT2D eigenvalue weighted by Crippen LogP contribution is 2.22. The number of hydrogen-bond acceptors (Lipinski definition) is 6. The molecule has 160 valence electrons. The Hall–Kier alpha value is -2.55. The van der Waals surface area contributed by atoms with Gasteiger partial charge in [0.05, 0.1) is 42.1 Å². The summed E-state index contributed by atoms with van der Waals surface area (Å²) in [7, 11) is 1.30. The SMILES string of the molecule is COC(=O)c1cncc(OCC2CN(C(=O)NCc3ccc(Cl)c(Cl)c3)CCO2)c1. The highest BCUT2D eigenvalue weighted by Gasteiger charge is 2.25. The summed E-state index contributed by atoms with van der Waals surface area (Å²) in [6.45, 7) is 1.79. The van der Waals surface area contributed by atoms with Crippen LogP contribution >= 0.6 is 23.2 Å². The van der Waals surface area contributed by atoms with Crippen LogP contribution in [0.25, 0.3) is 0 Å². The standard InChI is InChI=1S/C20H21Cl2N3O5/c1-28-19(26)14-7-15(10-23-9-14)30-12-16-11-25(4-5-29-16)20(27)24-8-13-2-3-17(21)18(22)6-13/h2-3,6-7,9-10,16H,4-5,8,11-12H2,1H3,(H,24,27). The molecule has 1 atom stereocenters. The smallest absolute Gasteiger partial charge is 0.339 e. The fourth-order valence-electron chi connectivity index (χ4n) is 2.86. The molecule has 0 radical (unpaired) electrons. The largest absolute Gasteiger partial charge is 0.489 e. The number of nitrogens with zero attached hydrogens (tertiary/aromatic N) is 2. The minimum Gasteiger partial charge on any atom is -0.489 e. The Bertz CT molecular complexity index is 912. The molecule has 1 aromatic carbocycles. The van der Waals surface area contributed by atoms with E-state index < -0.39 is 5.97 Å². The molecule has 1 saturated heterocycles. The van der Waals surface area contributed by atoms with Gasteiger partial charge in [0.15, 0.2) is 0 Å². The van der Waals surface area contributed by atoms with E-state index in [4.69, 9.17) is 32.7 Å². The maximum absolute atomic E-state index is 12.5. The van der Waals surface area contributed by atoms with Crippen LogP contribution in [0.15, 0.2) is 36.7 Å². The Balaban J connectivity index is 1.49. The van der Waals surface area contributed by atoms with Gasteiger partial charge in [-0.25, -0.2) is 9.59 Å². The first-order valence-electron chi connectivity index (χ1n) is 9.20. The first-order valence-corrected chi connectivity index (χ1v) is 9.96. The molecule has 30 heavy (non-hydrogen) atoms.